The number of aliphatic hydroxyl groups is 1. The first kappa shape index (κ1) is 39.9. The van der Waals surface area contributed by atoms with E-state index in [1.165, 1.54) is 141 Å². The van der Waals surface area contributed by atoms with E-state index in [0.717, 1.165) is 61.2 Å². The second-order valence-electron chi connectivity index (χ2n) is 18.4. The van der Waals surface area contributed by atoms with Crippen molar-refractivity contribution in [3.8, 4) is 0 Å². The molecule has 0 bridgehead atoms. The lowest BCUT2D eigenvalue weighted by Crippen LogP contribution is -2.51. The van der Waals surface area contributed by atoms with Crippen LogP contribution in [0.25, 0.3) is 0 Å². The molecule has 3 saturated carbocycles. The zero-order chi connectivity index (χ0) is 34.4. The van der Waals surface area contributed by atoms with Crippen LogP contribution in [0.2, 0.25) is 0 Å². The zero-order valence-electron chi connectivity index (χ0n) is 32.7. The molecule has 0 aliphatic heterocycles. The van der Waals surface area contributed by atoms with Gasteiger partial charge in [-0.05, 0) is 104 Å². The van der Waals surface area contributed by atoms with Crippen molar-refractivity contribution in [1.82, 2.24) is 0 Å². The van der Waals surface area contributed by atoms with Crippen LogP contribution >= 0.6 is 0 Å². The highest BCUT2D eigenvalue weighted by atomic mass is 16.5. The Morgan fingerprint density at radius 2 is 1.35 bits per heavy atom. The van der Waals surface area contributed by atoms with Crippen LogP contribution in [0.4, 0.5) is 0 Å². The van der Waals surface area contributed by atoms with Crippen molar-refractivity contribution >= 4 is 5.97 Å². The number of aliphatic hydroxyl groups excluding tert-OH is 1. The van der Waals surface area contributed by atoms with Gasteiger partial charge in [0.1, 0.15) is 6.10 Å². The summed E-state index contributed by atoms with van der Waals surface area (Å²) in [4.78, 5) is 12.8. The van der Waals surface area contributed by atoms with Gasteiger partial charge in [0.15, 0.2) is 0 Å². The topological polar surface area (TPSA) is 46.5 Å². The molecule has 0 radical (unpaired) electrons. The minimum atomic E-state index is 0.0548. The molecule has 0 saturated heterocycles. The lowest BCUT2D eigenvalue weighted by atomic mass is 9.47. The summed E-state index contributed by atoms with van der Waals surface area (Å²) in [5.41, 5.74) is 2.52. The Labute approximate surface area is 298 Å². The number of hydrogen-bond acceptors (Lipinski definition) is 3. The van der Waals surface area contributed by atoms with Gasteiger partial charge in [-0.1, -0.05) is 149 Å². The monoisotopic (exact) mass is 669 g/mol. The van der Waals surface area contributed by atoms with Crippen molar-refractivity contribution in [2.45, 2.75) is 214 Å². The second kappa shape index (κ2) is 20.3. The van der Waals surface area contributed by atoms with Crippen molar-refractivity contribution in [2.24, 2.45) is 46.3 Å². The fraction of sp³-hybridized carbons (Fsp3) is 0.933. The van der Waals surface area contributed by atoms with Gasteiger partial charge in [-0.25, -0.2) is 0 Å². The third-order valence-electron chi connectivity index (χ3n) is 14.6. The SMILES string of the molecule is CC(C)CCC[C@@H](C)[C@H]1CC[C@@H]2[C@@H]3CC=C4C[C@@H](OC(=O)CCCCCCCCCCCCCCCCCO)CC[C@]4(C)[C@H]3CC[C@@]21C. The number of carbonyl (C=O) groups is 1. The smallest absolute Gasteiger partial charge is 0.306 e. The fourth-order valence-corrected chi connectivity index (χ4v) is 11.7. The maximum Gasteiger partial charge on any atom is 0.306 e. The van der Waals surface area contributed by atoms with Gasteiger partial charge in [0.25, 0.3) is 0 Å². The molecule has 0 aromatic heterocycles. The van der Waals surface area contributed by atoms with Gasteiger partial charge in [-0.2, -0.15) is 0 Å². The van der Waals surface area contributed by atoms with E-state index in [4.69, 9.17) is 9.84 Å². The molecule has 0 heterocycles. The molecule has 3 nitrogen and oxygen atoms in total. The van der Waals surface area contributed by atoms with Crippen LogP contribution in [0.5, 0.6) is 0 Å². The first-order valence-electron chi connectivity index (χ1n) is 21.7. The van der Waals surface area contributed by atoms with Crippen molar-refractivity contribution < 1.29 is 14.6 Å². The Hall–Kier alpha value is -0.830. The third-order valence-corrected chi connectivity index (χ3v) is 14.6. The largest absolute Gasteiger partial charge is 0.462 e. The fourth-order valence-electron chi connectivity index (χ4n) is 11.7. The quantitative estimate of drug-likeness (QED) is 0.0669. The molecule has 0 amide bonds. The van der Waals surface area contributed by atoms with Gasteiger partial charge in [-0.3, -0.25) is 4.79 Å². The lowest BCUT2D eigenvalue weighted by molar-refractivity contribution is -0.151. The minimum absolute atomic E-state index is 0.0548. The first-order chi connectivity index (χ1) is 23.2. The van der Waals surface area contributed by atoms with Crippen LogP contribution in [0.3, 0.4) is 0 Å². The molecule has 3 heteroatoms. The average molecular weight is 669 g/mol. The number of ether oxygens (including phenoxy) is 1. The van der Waals surface area contributed by atoms with Gasteiger partial charge in [0.2, 0.25) is 0 Å². The molecule has 4 aliphatic carbocycles. The highest BCUT2D eigenvalue weighted by molar-refractivity contribution is 5.69. The molecule has 4 aliphatic rings. The van der Waals surface area contributed by atoms with Crippen molar-refractivity contribution in [3.05, 3.63) is 11.6 Å². The van der Waals surface area contributed by atoms with E-state index >= 15 is 0 Å². The summed E-state index contributed by atoms with van der Waals surface area (Å²) in [5, 5.41) is 8.84. The third kappa shape index (κ3) is 11.1. The molecule has 278 valence electrons. The number of rotatable bonds is 23. The van der Waals surface area contributed by atoms with Gasteiger partial charge in [-0.15, -0.1) is 0 Å². The Balaban J connectivity index is 1.08. The van der Waals surface area contributed by atoms with E-state index in [1.54, 1.807) is 5.57 Å². The number of esters is 1. The zero-order valence-corrected chi connectivity index (χ0v) is 32.7. The Bertz CT molecular complexity index is 954. The molecule has 8 atom stereocenters. The molecule has 0 spiro atoms. The van der Waals surface area contributed by atoms with Crippen molar-refractivity contribution in [1.29, 1.82) is 0 Å². The summed E-state index contributed by atoms with van der Waals surface area (Å²) in [6.07, 6.45) is 37.1. The molecule has 4 rings (SSSR count). The molecular weight excluding hydrogens is 588 g/mol. The Morgan fingerprint density at radius 1 is 0.750 bits per heavy atom. The molecule has 48 heavy (non-hydrogen) atoms. The average Bonchev–Trinajstić information content (AvgIpc) is 3.42. The van der Waals surface area contributed by atoms with Gasteiger partial charge in [0, 0.05) is 19.4 Å². The molecule has 3 fully saturated rings. The summed E-state index contributed by atoms with van der Waals surface area (Å²) in [7, 11) is 0. The molecule has 1 N–H and O–H groups in total. The van der Waals surface area contributed by atoms with Crippen LogP contribution in [-0.4, -0.2) is 23.8 Å². The number of hydrogen-bond donors (Lipinski definition) is 1. The van der Waals surface area contributed by atoms with Gasteiger partial charge in [0.05, 0.1) is 0 Å². The Morgan fingerprint density at radius 3 is 1.96 bits per heavy atom. The highest BCUT2D eigenvalue weighted by Gasteiger charge is 2.59. The maximum absolute atomic E-state index is 12.8. The van der Waals surface area contributed by atoms with Crippen LogP contribution in [0, 0.1) is 46.3 Å². The van der Waals surface area contributed by atoms with Crippen LogP contribution < -0.4 is 0 Å². The van der Waals surface area contributed by atoms with Crippen LogP contribution in [-0.2, 0) is 9.53 Å². The minimum Gasteiger partial charge on any atom is -0.462 e. The standard InChI is InChI=1S/C45H80O3/c1-35(2)22-21-23-36(3)40-27-28-41-39-26-25-37-34-38(29-31-44(37,4)42(39)30-32-45(40,41)5)48-43(47)24-19-17-15-13-11-9-7-6-8-10-12-14-16-18-20-33-46/h25,35-36,38-42,46H,6-24,26-34H2,1-5H3/t36-,38+,39+,40-,41-,42+,44+,45-/m1/s1. The van der Waals surface area contributed by atoms with Crippen LogP contribution in [0.15, 0.2) is 11.6 Å². The number of allylic oxidation sites excluding steroid dienone is 1. The highest BCUT2D eigenvalue weighted by Crippen LogP contribution is 2.67. The number of fused-ring (bicyclic) bond motifs is 5. The number of unbranched alkanes of at least 4 members (excludes halogenated alkanes) is 14. The maximum atomic E-state index is 12.8. The summed E-state index contributed by atoms with van der Waals surface area (Å²) in [5.74, 6) is 5.30. The summed E-state index contributed by atoms with van der Waals surface area (Å²) in [6, 6.07) is 0. The van der Waals surface area contributed by atoms with Gasteiger partial charge >= 0.3 is 5.97 Å². The van der Waals surface area contributed by atoms with E-state index in [9.17, 15) is 4.79 Å². The molecular formula is C45H80O3. The van der Waals surface area contributed by atoms with E-state index < -0.39 is 0 Å². The van der Waals surface area contributed by atoms with Gasteiger partial charge < -0.3 is 9.84 Å². The predicted octanol–water partition coefficient (Wildman–Crippen LogP) is 13.2. The molecule has 0 aromatic carbocycles. The van der Waals surface area contributed by atoms with E-state index in [-0.39, 0.29) is 12.1 Å². The summed E-state index contributed by atoms with van der Waals surface area (Å²) >= 11 is 0. The predicted molar refractivity (Wildman–Crippen MR) is 204 cm³/mol. The molecule has 0 aromatic rings. The normalized spacial score (nSPS) is 32.0. The lowest BCUT2D eigenvalue weighted by Gasteiger charge is -2.58. The Kier molecular flexibility index (Phi) is 16.9. The van der Waals surface area contributed by atoms with Crippen molar-refractivity contribution in [3.63, 3.8) is 0 Å². The second-order valence-corrected chi connectivity index (χ2v) is 18.4. The summed E-state index contributed by atoms with van der Waals surface area (Å²) < 4.78 is 6.13. The number of carbonyl (C=O) groups excluding carboxylic acids is 1. The van der Waals surface area contributed by atoms with E-state index in [1.807, 2.05) is 0 Å². The van der Waals surface area contributed by atoms with Crippen molar-refractivity contribution in [2.75, 3.05) is 6.61 Å². The van der Waals surface area contributed by atoms with E-state index in [2.05, 4.69) is 40.7 Å². The van der Waals surface area contributed by atoms with Crippen LogP contribution in [0.1, 0.15) is 208 Å². The summed E-state index contributed by atoms with van der Waals surface area (Å²) in [6.45, 7) is 13.0. The first-order valence-corrected chi connectivity index (χ1v) is 21.7. The van der Waals surface area contributed by atoms with E-state index in [0.29, 0.717) is 23.9 Å². The molecule has 0 unspecified atom stereocenters.